The number of ether oxygens (including phenoxy) is 1. The first-order valence-electron chi connectivity index (χ1n) is 7.82. The molecule has 7 nitrogen and oxygen atoms in total. The standard InChI is InChI=1S/C17H16N4O3S/c22-25(23,15-4-5-16-13(11-15)7-10-24-16)20-17-6-9-21(19-17)12-14-3-1-2-8-18-14/h1-6,8-9,11H,7,10,12H2,(H,19,20). The van der Waals surface area contributed by atoms with Gasteiger partial charge in [0, 0.05) is 24.9 Å². The van der Waals surface area contributed by atoms with Gasteiger partial charge in [-0.1, -0.05) is 6.07 Å². The van der Waals surface area contributed by atoms with Crippen molar-refractivity contribution in [1.29, 1.82) is 0 Å². The second-order valence-electron chi connectivity index (χ2n) is 5.69. The highest BCUT2D eigenvalue weighted by molar-refractivity contribution is 7.92. The maximum absolute atomic E-state index is 12.6. The van der Waals surface area contributed by atoms with Crippen molar-refractivity contribution in [2.75, 3.05) is 11.3 Å². The van der Waals surface area contributed by atoms with Crippen molar-refractivity contribution in [1.82, 2.24) is 14.8 Å². The van der Waals surface area contributed by atoms with Crippen LogP contribution in [-0.4, -0.2) is 29.8 Å². The average Bonchev–Trinajstić information content (AvgIpc) is 3.24. The van der Waals surface area contributed by atoms with E-state index in [1.807, 2.05) is 18.2 Å². The number of hydrogen-bond acceptors (Lipinski definition) is 5. The Morgan fingerprint density at radius 2 is 2.12 bits per heavy atom. The minimum absolute atomic E-state index is 0.205. The van der Waals surface area contributed by atoms with Crippen molar-refractivity contribution < 1.29 is 13.2 Å². The van der Waals surface area contributed by atoms with Gasteiger partial charge in [-0.15, -0.1) is 0 Å². The van der Waals surface area contributed by atoms with E-state index in [9.17, 15) is 8.42 Å². The Hall–Kier alpha value is -2.87. The topological polar surface area (TPSA) is 86.1 Å². The lowest BCUT2D eigenvalue weighted by atomic mass is 10.2. The van der Waals surface area contributed by atoms with E-state index in [1.165, 1.54) is 6.07 Å². The van der Waals surface area contributed by atoms with Gasteiger partial charge in [-0.25, -0.2) is 8.42 Å². The molecule has 0 aliphatic carbocycles. The van der Waals surface area contributed by atoms with Crippen LogP contribution in [0.25, 0.3) is 0 Å². The van der Waals surface area contributed by atoms with Crippen molar-refractivity contribution in [3.63, 3.8) is 0 Å². The molecule has 25 heavy (non-hydrogen) atoms. The van der Waals surface area contributed by atoms with Gasteiger partial charge in [0.15, 0.2) is 5.82 Å². The fourth-order valence-electron chi connectivity index (χ4n) is 2.69. The van der Waals surface area contributed by atoms with E-state index in [1.54, 1.807) is 35.3 Å². The third-order valence-electron chi connectivity index (χ3n) is 3.90. The molecule has 0 radical (unpaired) electrons. The molecule has 0 saturated carbocycles. The van der Waals surface area contributed by atoms with Gasteiger partial charge in [0.25, 0.3) is 10.0 Å². The first-order valence-corrected chi connectivity index (χ1v) is 9.30. The first-order chi connectivity index (χ1) is 12.1. The van der Waals surface area contributed by atoms with Crippen molar-refractivity contribution in [2.45, 2.75) is 17.9 Å². The molecule has 0 atom stereocenters. The Bertz CT molecular complexity index is 1000. The number of sulfonamides is 1. The second kappa shape index (κ2) is 6.21. The molecule has 1 aliphatic heterocycles. The highest BCUT2D eigenvalue weighted by atomic mass is 32.2. The minimum Gasteiger partial charge on any atom is -0.493 e. The summed E-state index contributed by atoms with van der Waals surface area (Å²) < 4.78 is 34.7. The van der Waals surface area contributed by atoms with Crippen molar-refractivity contribution in [2.24, 2.45) is 0 Å². The van der Waals surface area contributed by atoms with Crippen LogP contribution in [0.1, 0.15) is 11.3 Å². The van der Waals surface area contributed by atoms with Crippen molar-refractivity contribution >= 4 is 15.8 Å². The summed E-state index contributed by atoms with van der Waals surface area (Å²) in [5.41, 5.74) is 1.75. The van der Waals surface area contributed by atoms with E-state index in [-0.39, 0.29) is 10.7 Å². The molecule has 128 valence electrons. The number of anilines is 1. The third-order valence-corrected chi connectivity index (χ3v) is 5.25. The van der Waals surface area contributed by atoms with Gasteiger partial charge in [-0.3, -0.25) is 14.4 Å². The van der Waals surface area contributed by atoms with Crippen LogP contribution in [0.4, 0.5) is 5.82 Å². The van der Waals surface area contributed by atoms with Crippen LogP contribution in [0.2, 0.25) is 0 Å². The number of aromatic nitrogens is 3. The SMILES string of the molecule is O=S(=O)(Nc1ccn(Cc2ccccn2)n1)c1ccc2c(c1)CCO2. The van der Waals surface area contributed by atoms with Gasteiger partial charge in [0.05, 0.1) is 23.7 Å². The lowest BCUT2D eigenvalue weighted by Crippen LogP contribution is -2.14. The molecular formula is C17H16N4O3S. The molecule has 1 N–H and O–H groups in total. The number of hydrogen-bond donors (Lipinski definition) is 1. The first kappa shape index (κ1) is 15.6. The van der Waals surface area contributed by atoms with E-state index in [0.29, 0.717) is 13.2 Å². The molecule has 1 aromatic carbocycles. The zero-order valence-corrected chi connectivity index (χ0v) is 14.1. The monoisotopic (exact) mass is 356 g/mol. The van der Waals surface area contributed by atoms with Gasteiger partial charge >= 0.3 is 0 Å². The number of fused-ring (bicyclic) bond motifs is 1. The molecule has 0 fully saturated rings. The van der Waals surface area contributed by atoms with Gasteiger partial charge in [-0.05, 0) is 35.9 Å². The van der Waals surface area contributed by atoms with Gasteiger partial charge in [-0.2, -0.15) is 5.10 Å². The summed E-state index contributed by atoms with van der Waals surface area (Å²) in [5.74, 6) is 1.02. The summed E-state index contributed by atoms with van der Waals surface area (Å²) in [5, 5.41) is 4.25. The number of rotatable bonds is 5. The number of nitrogens with one attached hydrogen (secondary N) is 1. The molecular weight excluding hydrogens is 340 g/mol. The van der Waals surface area contributed by atoms with E-state index >= 15 is 0 Å². The quantitative estimate of drug-likeness (QED) is 0.756. The maximum atomic E-state index is 12.6. The van der Waals surface area contributed by atoms with Crippen LogP contribution in [0, 0.1) is 0 Å². The molecule has 4 rings (SSSR count). The fourth-order valence-corrected chi connectivity index (χ4v) is 3.74. The zero-order chi connectivity index (χ0) is 17.3. The third kappa shape index (κ3) is 3.34. The minimum atomic E-state index is -3.69. The fraction of sp³-hybridized carbons (Fsp3) is 0.176. The normalized spacial score (nSPS) is 13.3. The summed E-state index contributed by atoms with van der Waals surface area (Å²) in [4.78, 5) is 4.43. The van der Waals surface area contributed by atoms with Crippen LogP contribution in [0.3, 0.4) is 0 Å². The molecule has 3 aromatic rings. The summed E-state index contributed by atoms with van der Waals surface area (Å²) in [7, 11) is -3.69. The highest BCUT2D eigenvalue weighted by Crippen LogP contribution is 2.28. The molecule has 0 amide bonds. The average molecular weight is 356 g/mol. The predicted octanol–water partition coefficient (Wildman–Crippen LogP) is 2.06. The van der Waals surface area contributed by atoms with Crippen LogP contribution in [-0.2, 0) is 23.0 Å². The Balaban J connectivity index is 1.51. The lowest BCUT2D eigenvalue weighted by molar-refractivity contribution is 0.356. The number of nitrogens with zero attached hydrogens (tertiary/aromatic N) is 3. The van der Waals surface area contributed by atoms with Gasteiger partial charge in [0.1, 0.15) is 5.75 Å². The molecule has 0 bridgehead atoms. The van der Waals surface area contributed by atoms with E-state index in [0.717, 1.165) is 23.4 Å². The van der Waals surface area contributed by atoms with Crippen LogP contribution in [0.5, 0.6) is 5.75 Å². The predicted molar refractivity (Wildman–Crippen MR) is 92.0 cm³/mol. The van der Waals surface area contributed by atoms with Crippen LogP contribution < -0.4 is 9.46 Å². The van der Waals surface area contributed by atoms with Crippen LogP contribution >= 0.6 is 0 Å². The number of pyridine rings is 1. The largest absolute Gasteiger partial charge is 0.493 e. The summed E-state index contributed by atoms with van der Waals surface area (Å²) in [6.45, 7) is 1.06. The molecule has 3 heterocycles. The smallest absolute Gasteiger partial charge is 0.263 e. The molecule has 0 unspecified atom stereocenters. The molecule has 2 aromatic heterocycles. The Morgan fingerprint density at radius 1 is 1.20 bits per heavy atom. The summed E-state index contributed by atoms with van der Waals surface area (Å²) >= 11 is 0. The van der Waals surface area contributed by atoms with Crippen LogP contribution in [0.15, 0.2) is 59.8 Å². The molecule has 1 aliphatic rings. The number of benzene rings is 1. The van der Waals surface area contributed by atoms with E-state index in [2.05, 4.69) is 14.8 Å². The second-order valence-corrected chi connectivity index (χ2v) is 7.38. The highest BCUT2D eigenvalue weighted by Gasteiger charge is 2.20. The van der Waals surface area contributed by atoms with Gasteiger partial charge < -0.3 is 4.74 Å². The Kier molecular flexibility index (Phi) is 3.89. The lowest BCUT2D eigenvalue weighted by Gasteiger charge is -2.07. The van der Waals surface area contributed by atoms with E-state index in [4.69, 9.17) is 4.74 Å². The van der Waals surface area contributed by atoms with Crippen molar-refractivity contribution in [3.05, 3.63) is 66.1 Å². The van der Waals surface area contributed by atoms with Crippen molar-refractivity contribution in [3.8, 4) is 5.75 Å². The molecule has 0 spiro atoms. The Labute approximate surface area is 145 Å². The zero-order valence-electron chi connectivity index (χ0n) is 13.3. The van der Waals surface area contributed by atoms with E-state index < -0.39 is 10.0 Å². The maximum Gasteiger partial charge on any atom is 0.263 e. The summed E-state index contributed by atoms with van der Waals surface area (Å²) in [6.07, 6.45) is 4.14. The molecule has 8 heteroatoms. The van der Waals surface area contributed by atoms with Gasteiger partial charge in [0.2, 0.25) is 0 Å². The Morgan fingerprint density at radius 3 is 2.96 bits per heavy atom. The summed E-state index contributed by atoms with van der Waals surface area (Å²) in [6, 6.07) is 12.1. The molecule has 0 saturated heterocycles.